The van der Waals surface area contributed by atoms with Gasteiger partial charge in [-0.2, -0.15) is 0 Å². The monoisotopic (exact) mass is 266 g/mol. The van der Waals surface area contributed by atoms with Crippen LogP contribution in [0, 0.1) is 0 Å². The Morgan fingerprint density at radius 1 is 1.58 bits per heavy atom. The molecule has 1 unspecified atom stereocenters. The highest BCUT2D eigenvalue weighted by atomic mass is 16.5. The lowest BCUT2D eigenvalue weighted by molar-refractivity contribution is 0.415. The fraction of sp³-hybridized carbons (Fsp3) is 0.400. The van der Waals surface area contributed by atoms with Gasteiger partial charge >= 0.3 is 0 Å². The van der Waals surface area contributed by atoms with Gasteiger partial charge < -0.3 is 15.8 Å². The minimum atomic E-state index is -2.69. The summed E-state index contributed by atoms with van der Waals surface area (Å²) in [5.74, 6) is 0.481. The van der Waals surface area contributed by atoms with Crippen molar-refractivity contribution in [2.75, 3.05) is 18.9 Å². The number of pyridine rings is 1. The third kappa shape index (κ3) is 3.35. The number of ether oxygens (including phenoxy) is 1. The second-order valence-electron chi connectivity index (χ2n) is 3.97. The van der Waals surface area contributed by atoms with Crippen LogP contribution < -0.4 is 15.8 Å². The summed E-state index contributed by atoms with van der Waals surface area (Å²) in [4.78, 5) is 4.24. The summed E-state index contributed by atoms with van der Waals surface area (Å²) in [5.41, 5.74) is 6.10. The Hall–Kier alpha value is -1.81. The zero-order chi connectivity index (χ0) is 19.8. The van der Waals surface area contributed by atoms with E-state index in [0.717, 1.165) is 5.39 Å². The van der Waals surface area contributed by atoms with Gasteiger partial charge in [-0.1, -0.05) is 6.07 Å². The molecule has 1 aromatic carbocycles. The van der Waals surface area contributed by atoms with E-state index < -0.39 is 32.2 Å². The minimum Gasteiger partial charge on any atom is -0.497 e. The van der Waals surface area contributed by atoms with Crippen LogP contribution in [0.3, 0.4) is 0 Å². The first-order valence-corrected chi connectivity index (χ1v) is 5.83. The molecule has 3 N–H and O–H groups in total. The molecule has 0 aliphatic rings. The van der Waals surface area contributed by atoms with Crippen molar-refractivity contribution in [3.8, 4) is 5.75 Å². The number of nitrogens with two attached hydrogens (primary N) is 1. The van der Waals surface area contributed by atoms with E-state index in [4.69, 9.17) is 20.1 Å². The molecule has 1 atom stereocenters. The highest BCUT2D eigenvalue weighted by Crippen LogP contribution is 2.28. The Bertz CT molecular complexity index is 774. The van der Waals surface area contributed by atoms with E-state index in [1.54, 1.807) is 30.5 Å². The number of nitrogens with zero attached hydrogens (tertiary/aromatic N) is 1. The standard InChI is InChI=1S/C15H21N3O/c1-11(5-3-7-16)18-14-10-13(19-2)9-12-6-4-8-17-15(12)14/h4,6,8-11,18H,3,5,7,16H2,1-2H3/i1D3,3D2,7D2. The molecule has 0 amide bonds. The summed E-state index contributed by atoms with van der Waals surface area (Å²) in [7, 11) is 1.48. The fourth-order valence-electron chi connectivity index (χ4n) is 1.79. The zero-order valence-electron chi connectivity index (χ0n) is 17.6. The number of hydrogen-bond acceptors (Lipinski definition) is 4. The summed E-state index contributed by atoms with van der Waals surface area (Å²) in [6, 6.07) is 5.46. The second-order valence-corrected chi connectivity index (χ2v) is 3.97. The molecule has 2 rings (SSSR count). The predicted molar refractivity (Wildman–Crippen MR) is 79.7 cm³/mol. The Labute approximate surface area is 123 Å². The zero-order valence-corrected chi connectivity index (χ0v) is 10.6. The van der Waals surface area contributed by atoms with Crippen LogP contribution >= 0.6 is 0 Å². The van der Waals surface area contributed by atoms with Gasteiger partial charge in [0.1, 0.15) is 5.75 Å². The average molecular weight is 266 g/mol. The summed E-state index contributed by atoms with van der Waals surface area (Å²) in [6.07, 6.45) is -1.65. The summed E-state index contributed by atoms with van der Waals surface area (Å²) < 4.78 is 58.9. The van der Waals surface area contributed by atoms with E-state index in [0.29, 0.717) is 17.0 Å². The number of methoxy groups -OCH3 is 1. The molecule has 0 radical (unpaired) electrons. The topological polar surface area (TPSA) is 60.2 Å². The number of nitrogens with one attached hydrogen (secondary N) is 1. The Morgan fingerprint density at radius 2 is 2.47 bits per heavy atom. The lowest BCUT2D eigenvalue weighted by Crippen LogP contribution is -2.17. The highest BCUT2D eigenvalue weighted by molar-refractivity contribution is 5.91. The SMILES string of the molecule is [2H]C([2H])([2H])C(CC([2H])([2H])C([2H])([2H])N)Nc1cc(OC)cc2cccnc12. The first-order valence-electron chi connectivity index (χ1n) is 9.33. The molecule has 2 aromatic rings. The smallest absolute Gasteiger partial charge is 0.121 e. The van der Waals surface area contributed by atoms with E-state index in [2.05, 4.69) is 10.3 Å². The van der Waals surface area contributed by atoms with E-state index in [1.165, 1.54) is 7.11 Å². The molecule has 0 bridgehead atoms. The van der Waals surface area contributed by atoms with Crippen molar-refractivity contribution in [2.45, 2.75) is 25.7 Å². The maximum Gasteiger partial charge on any atom is 0.121 e. The van der Waals surface area contributed by atoms with Crippen LogP contribution in [0.4, 0.5) is 5.69 Å². The third-order valence-corrected chi connectivity index (χ3v) is 2.65. The molecule has 0 aliphatic heterocycles. The van der Waals surface area contributed by atoms with E-state index in [-0.39, 0.29) is 0 Å². The van der Waals surface area contributed by atoms with Crippen LogP contribution in [0.25, 0.3) is 10.9 Å². The number of hydrogen-bond donors (Lipinski definition) is 2. The Balaban J connectivity index is 2.45. The first-order chi connectivity index (χ1) is 11.8. The largest absolute Gasteiger partial charge is 0.497 e. The Morgan fingerprint density at radius 3 is 3.21 bits per heavy atom. The maximum absolute atomic E-state index is 7.83. The lowest BCUT2D eigenvalue weighted by Gasteiger charge is -2.17. The quantitative estimate of drug-likeness (QED) is 0.844. The minimum absolute atomic E-state index is 0.356. The number of benzene rings is 1. The van der Waals surface area contributed by atoms with Crippen molar-refractivity contribution < 1.29 is 14.3 Å². The van der Waals surface area contributed by atoms with E-state index >= 15 is 0 Å². The molecule has 19 heavy (non-hydrogen) atoms. The molecule has 102 valence electrons. The molecule has 0 aliphatic carbocycles. The van der Waals surface area contributed by atoms with Gasteiger partial charge in [-0.3, -0.25) is 4.98 Å². The van der Waals surface area contributed by atoms with Gasteiger partial charge in [0.15, 0.2) is 0 Å². The molecule has 0 fully saturated rings. The highest BCUT2D eigenvalue weighted by Gasteiger charge is 2.08. The van der Waals surface area contributed by atoms with Gasteiger partial charge in [-0.05, 0) is 38.3 Å². The van der Waals surface area contributed by atoms with Gasteiger partial charge in [0.25, 0.3) is 0 Å². The summed E-state index contributed by atoms with van der Waals surface area (Å²) in [6.45, 7) is -5.28. The van der Waals surface area contributed by atoms with Gasteiger partial charge in [-0.15, -0.1) is 0 Å². The molecular weight excluding hydrogens is 238 g/mol. The normalized spacial score (nSPS) is 20.0. The first kappa shape index (κ1) is 7.10. The molecule has 0 saturated heterocycles. The second kappa shape index (κ2) is 6.38. The molecule has 0 spiro atoms. The van der Waals surface area contributed by atoms with Crippen LogP contribution in [-0.2, 0) is 0 Å². The van der Waals surface area contributed by atoms with Crippen LogP contribution in [0.15, 0.2) is 30.5 Å². The van der Waals surface area contributed by atoms with Crippen molar-refractivity contribution >= 4 is 16.6 Å². The lowest BCUT2D eigenvalue weighted by atomic mass is 10.1. The number of anilines is 1. The molecule has 1 aromatic heterocycles. The molecule has 4 heteroatoms. The van der Waals surface area contributed by atoms with E-state index in [1.807, 2.05) is 0 Å². The molecule has 4 nitrogen and oxygen atoms in total. The molecule has 1 heterocycles. The maximum atomic E-state index is 7.83. The van der Waals surface area contributed by atoms with Crippen LogP contribution in [0.1, 0.15) is 29.2 Å². The predicted octanol–water partition coefficient (Wildman–Crippen LogP) is 2.78. The van der Waals surface area contributed by atoms with Gasteiger partial charge in [-0.25, -0.2) is 0 Å². The van der Waals surface area contributed by atoms with Crippen LogP contribution in [0.2, 0.25) is 0 Å². The number of aromatic nitrogens is 1. The van der Waals surface area contributed by atoms with Crippen molar-refractivity contribution in [3.05, 3.63) is 30.5 Å². The van der Waals surface area contributed by atoms with Gasteiger partial charge in [0.2, 0.25) is 0 Å². The van der Waals surface area contributed by atoms with E-state index in [9.17, 15) is 0 Å². The third-order valence-electron chi connectivity index (χ3n) is 2.65. The van der Waals surface area contributed by atoms with Crippen molar-refractivity contribution in [1.82, 2.24) is 4.98 Å². The summed E-state index contributed by atoms with van der Waals surface area (Å²) in [5, 5.41) is 3.52. The average Bonchev–Trinajstić information content (AvgIpc) is 2.51. The van der Waals surface area contributed by atoms with Gasteiger partial charge in [0.05, 0.1) is 18.3 Å². The number of rotatable bonds is 6. The summed E-state index contributed by atoms with van der Waals surface area (Å²) >= 11 is 0. The van der Waals surface area contributed by atoms with Crippen LogP contribution in [0.5, 0.6) is 5.75 Å². The van der Waals surface area contributed by atoms with Gasteiger partial charge in [0, 0.05) is 33.3 Å². The Kier molecular flexibility index (Phi) is 2.39. The van der Waals surface area contributed by atoms with Crippen molar-refractivity contribution in [2.24, 2.45) is 5.73 Å². The van der Waals surface area contributed by atoms with Crippen molar-refractivity contribution in [3.63, 3.8) is 0 Å². The fourth-order valence-corrected chi connectivity index (χ4v) is 1.79. The number of fused-ring (bicyclic) bond motifs is 1. The van der Waals surface area contributed by atoms with Crippen molar-refractivity contribution in [1.29, 1.82) is 0 Å². The van der Waals surface area contributed by atoms with Crippen LogP contribution in [-0.4, -0.2) is 24.6 Å². The molecule has 0 saturated carbocycles. The molecular formula is C15H21N3O.